The number of aliphatic carboxylic acids is 1. The maximum atomic E-state index is 10.4. The summed E-state index contributed by atoms with van der Waals surface area (Å²) in [7, 11) is 0. The summed E-state index contributed by atoms with van der Waals surface area (Å²) in [5.74, 6) is -0.754. The van der Waals surface area contributed by atoms with E-state index in [1.54, 1.807) is 5.57 Å². The first kappa shape index (κ1) is 30.4. The van der Waals surface area contributed by atoms with E-state index in [-0.39, 0.29) is 5.92 Å². The average Bonchev–Trinajstić information content (AvgIpc) is 2.94. The molecule has 0 aliphatic heterocycles. The molecule has 4 heteroatoms. The van der Waals surface area contributed by atoms with Crippen molar-refractivity contribution < 1.29 is 14.7 Å². The van der Waals surface area contributed by atoms with Crippen molar-refractivity contribution in [2.75, 3.05) is 0 Å². The Morgan fingerprint density at radius 1 is 0.853 bits per heavy atom. The Kier molecular flexibility index (Phi) is 18.5. The maximum Gasteiger partial charge on any atom is 0.306 e. The van der Waals surface area contributed by atoms with Crippen molar-refractivity contribution in [2.24, 2.45) is 5.92 Å². The quantitative estimate of drug-likeness (QED) is 0.309. The molecule has 0 saturated heterocycles. The lowest BCUT2D eigenvalue weighted by Crippen LogP contribution is -2.11. The normalized spacial score (nSPS) is 23.2. The van der Waals surface area contributed by atoms with Crippen LogP contribution in [0.3, 0.4) is 0 Å². The summed E-state index contributed by atoms with van der Waals surface area (Å²) in [6, 6.07) is 0. The van der Waals surface area contributed by atoms with Gasteiger partial charge >= 0.3 is 5.97 Å². The van der Waals surface area contributed by atoms with Crippen LogP contribution in [0, 0.1) is 5.92 Å². The molecule has 0 aromatic heterocycles. The van der Waals surface area contributed by atoms with Gasteiger partial charge in [-0.3, -0.25) is 4.79 Å². The number of unbranched alkanes of at least 4 members (excludes halogenated alkanes) is 1. The number of carboxylic acid groups (broad SMARTS) is 1. The fourth-order valence-electron chi connectivity index (χ4n) is 4.97. The Morgan fingerprint density at radius 3 is 1.91 bits per heavy atom. The van der Waals surface area contributed by atoms with Crippen molar-refractivity contribution in [1.82, 2.24) is 0 Å². The Balaban J connectivity index is 0.000000489. The van der Waals surface area contributed by atoms with E-state index in [2.05, 4.69) is 23.9 Å². The van der Waals surface area contributed by atoms with Crippen molar-refractivity contribution in [1.29, 1.82) is 0 Å². The second kappa shape index (κ2) is 20.7. The fourth-order valence-corrected chi connectivity index (χ4v) is 4.97. The molecule has 1 N–H and O–H groups in total. The predicted molar refractivity (Wildman–Crippen MR) is 144 cm³/mol. The molecule has 0 spiro atoms. The van der Waals surface area contributed by atoms with Gasteiger partial charge in [0.15, 0.2) is 0 Å². The predicted octanol–water partition coefficient (Wildman–Crippen LogP) is 9.46. The molecular weight excluding hydrogens is 420 g/mol. The Hall–Kier alpha value is -1.67. The molecule has 2 aliphatic carbocycles. The van der Waals surface area contributed by atoms with Crippen LogP contribution in [-0.2, 0) is 4.79 Å². The lowest BCUT2D eigenvalue weighted by atomic mass is 9.92. The minimum absolute atomic E-state index is 0.111. The number of hydrogen-bond donors (Lipinski definition) is 1. The molecular formula is C30H52N2O2. The molecule has 0 radical (unpaired) electrons. The molecule has 1 atom stereocenters. The van der Waals surface area contributed by atoms with Gasteiger partial charge in [0.2, 0.25) is 0 Å². The van der Waals surface area contributed by atoms with Crippen LogP contribution < -0.4 is 0 Å². The molecule has 0 bridgehead atoms. The first-order valence-corrected chi connectivity index (χ1v) is 14.5. The smallest absolute Gasteiger partial charge is 0.306 e. The van der Waals surface area contributed by atoms with Gasteiger partial charge in [-0.2, -0.15) is 4.79 Å². The van der Waals surface area contributed by atoms with E-state index in [0.29, 0.717) is 0 Å². The van der Waals surface area contributed by atoms with Crippen molar-refractivity contribution in [2.45, 2.75) is 149 Å². The molecule has 1 unspecified atom stereocenters. The number of carboxylic acids is 1. The highest BCUT2D eigenvalue weighted by Crippen LogP contribution is 2.27. The minimum Gasteiger partial charge on any atom is -0.481 e. The summed E-state index contributed by atoms with van der Waals surface area (Å²) in [6.45, 7) is 4.00. The Bertz CT molecular complexity index is 659. The topological polar surface area (TPSA) is 73.7 Å². The lowest BCUT2D eigenvalue weighted by molar-refractivity contribution is -0.142. The van der Waals surface area contributed by atoms with Crippen molar-refractivity contribution in [3.8, 4) is 0 Å². The van der Waals surface area contributed by atoms with Gasteiger partial charge in [-0.25, -0.2) is 0 Å². The van der Waals surface area contributed by atoms with Crippen LogP contribution in [0.5, 0.6) is 0 Å². The highest BCUT2D eigenvalue weighted by Gasteiger charge is 2.14. The SMILES string of the molecule is CCCCC(CC)C(=O)O.[N-]=[N+]=C1/C=C(/C2=C\CCCCCCCCC2)CCCCCCCC1. The van der Waals surface area contributed by atoms with Gasteiger partial charge in [0.25, 0.3) is 5.71 Å². The van der Waals surface area contributed by atoms with Crippen LogP contribution >= 0.6 is 0 Å². The molecule has 0 saturated carbocycles. The van der Waals surface area contributed by atoms with Gasteiger partial charge in [-0.1, -0.05) is 90.6 Å². The monoisotopic (exact) mass is 472 g/mol. The minimum atomic E-state index is -0.643. The highest BCUT2D eigenvalue weighted by molar-refractivity contribution is 5.91. The molecule has 194 valence electrons. The molecule has 34 heavy (non-hydrogen) atoms. The van der Waals surface area contributed by atoms with E-state index in [9.17, 15) is 10.3 Å². The van der Waals surface area contributed by atoms with Gasteiger partial charge in [0.1, 0.15) is 0 Å². The zero-order valence-electron chi connectivity index (χ0n) is 22.3. The molecule has 0 aromatic carbocycles. The zero-order chi connectivity index (χ0) is 24.9. The van der Waals surface area contributed by atoms with Crippen molar-refractivity contribution in [3.05, 3.63) is 28.8 Å². The van der Waals surface area contributed by atoms with E-state index in [0.717, 1.165) is 50.7 Å². The zero-order valence-corrected chi connectivity index (χ0v) is 22.3. The summed E-state index contributed by atoms with van der Waals surface area (Å²) in [5, 5.41) is 8.60. The third-order valence-electron chi connectivity index (χ3n) is 7.30. The Labute approximate surface area is 209 Å². The molecule has 0 fully saturated rings. The third kappa shape index (κ3) is 14.6. The van der Waals surface area contributed by atoms with Crippen LogP contribution in [0.4, 0.5) is 0 Å². The average molecular weight is 473 g/mol. The van der Waals surface area contributed by atoms with Crippen molar-refractivity contribution >= 4 is 11.7 Å². The summed E-state index contributed by atoms with van der Waals surface area (Å²) >= 11 is 0. The first-order valence-electron chi connectivity index (χ1n) is 14.5. The lowest BCUT2D eigenvalue weighted by Gasteiger charge is -2.12. The number of rotatable bonds is 6. The number of allylic oxidation sites excluding steroid dienone is 4. The summed E-state index contributed by atoms with van der Waals surface area (Å²) in [6.07, 6.45) is 30.3. The maximum absolute atomic E-state index is 10.4. The van der Waals surface area contributed by atoms with Gasteiger partial charge in [0.05, 0.1) is 5.92 Å². The van der Waals surface area contributed by atoms with Crippen LogP contribution in [0.1, 0.15) is 149 Å². The van der Waals surface area contributed by atoms with E-state index in [4.69, 9.17) is 5.11 Å². The highest BCUT2D eigenvalue weighted by atomic mass is 16.4. The van der Waals surface area contributed by atoms with E-state index in [1.165, 1.54) is 95.5 Å². The summed E-state index contributed by atoms with van der Waals surface area (Å²) in [4.78, 5) is 14.0. The number of carbonyl (C=O) groups is 1. The Morgan fingerprint density at radius 2 is 1.38 bits per heavy atom. The van der Waals surface area contributed by atoms with Crippen LogP contribution in [0.2, 0.25) is 0 Å². The van der Waals surface area contributed by atoms with Gasteiger partial charge in [-0.15, -0.1) is 0 Å². The van der Waals surface area contributed by atoms with Crippen LogP contribution in [0.15, 0.2) is 23.3 Å². The fraction of sp³-hybridized carbons (Fsp3) is 0.800. The van der Waals surface area contributed by atoms with E-state index < -0.39 is 5.97 Å². The van der Waals surface area contributed by atoms with E-state index in [1.807, 2.05) is 6.92 Å². The summed E-state index contributed by atoms with van der Waals surface area (Å²) < 4.78 is 0. The van der Waals surface area contributed by atoms with Crippen LogP contribution in [0.25, 0.3) is 5.53 Å². The van der Waals surface area contributed by atoms with Gasteiger partial charge in [0, 0.05) is 12.5 Å². The second-order valence-corrected chi connectivity index (χ2v) is 10.2. The molecule has 0 amide bonds. The second-order valence-electron chi connectivity index (χ2n) is 10.2. The number of nitrogens with zero attached hydrogens (tertiary/aromatic N) is 2. The van der Waals surface area contributed by atoms with Gasteiger partial charge in [-0.05, 0) is 68.9 Å². The van der Waals surface area contributed by atoms with Gasteiger partial charge < -0.3 is 10.6 Å². The molecule has 2 rings (SSSR count). The largest absolute Gasteiger partial charge is 0.481 e. The van der Waals surface area contributed by atoms with Crippen molar-refractivity contribution in [3.63, 3.8) is 0 Å². The molecule has 0 aromatic rings. The molecule has 0 heterocycles. The summed E-state index contributed by atoms with van der Waals surface area (Å²) in [5.41, 5.74) is 13.3. The van der Waals surface area contributed by atoms with E-state index >= 15 is 0 Å². The molecule has 2 aliphatic rings. The standard InChI is InChI=1S/C22H36N2.C8H16O2/c23-24-22-18-14-10-6-5-9-13-17-21(19-22)20-15-11-7-3-1-2-4-8-12-16-20;1-3-5-6-7(4-2)8(9)10/h15,19H,1-14,16-18H2;7H,3-6H2,1-2H3,(H,9,10)/b20-15-,21-19+;. The third-order valence-corrected chi connectivity index (χ3v) is 7.30. The van der Waals surface area contributed by atoms with Crippen LogP contribution in [-0.4, -0.2) is 21.6 Å². The molecule has 4 nitrogen and oxygen atoms in total. The number of hydrogen-bond acceptors (Lipinski definition) is 1. The first-order chi connectivity index (χ1) is 16.6.